The summed E-state index contributed by atoms with van der Waals surface area (Å²) in [5.74, 6) is 0.743. The first-order valence-corrected chi connectivity index (χ1v) is 9.85. The number of hydrogen-bond acceptors (Lipinski definition) is 2. The maximum Gasteiger partial charge on any atom is 0.225 e. The summed E-state index contributed by atoms with van der Waals surface area (Å²) in [7, 11) is 0. The molecule has 1 aromatic heterocycles. The Morgan fingerprint density at radius 1 is 1.12 bits per heavy atom. The molecule has 0 saturated carbocycles. The van der Waals surface area contributed by atoms with Gasteiger partial charge in [-0.25, -0.2) is 4.68 Å². The molecule has 142 valence electrons. The fourth-order valence-electron chi connectivity index (χ4n) is 2.71. The number of nitrogens with one attached hydrogen (secondary N) is 1. The Kier molecular flexibility index (Phi) is 7.27. The molecule has 2 rings (SSSR count). The van der Waals surface area contributed by atoms with Crippen molar-refractivity contribution in [3.63, 3.8) is 0 Å². The first-order valence-electron chi connectivity index (χ1n) is 9.47. The highest BCUT2D eigenvalue weighted by molar-refractivity contribution is 6.30. The summed E-state index contributed by atoms with van der Waals surface area (Å²) in [6, 6.07) is 9.43. The molecule has 0 radical (unpaired) electrons. The molecule has 0 unspecified atom stereocenters. The molecule has 4 nitrogen and oxygen atoms in total. The fraction of sp³-hybridized carbons (Fsp3) is 0.524. The molecule has 5 heteroatoms. The van der Waals surface area contributed by atoms with Crippen molar-refractivity contribution in [2.24, 2.45) is 0 Å². The van der Waals surface area contributed by atoms with Crippen molar-refractivity contribution in [1.29, 1.82) is 0 Å². The monoisotopic (exact) mass is 375 g/mol. The lowest BCUT2D eigenvalue weighted by Crippen LogP contribution is -2.14. The Balaban J connectivity index is 2.14. The number of rotatable bonds is 8. The van der Waals surface area contributed by atoms with E-state index in [-0.39, 0.29) is 11.3 Å². The number of benzene rings is 1. The van der Waals surface area contributed by atoms with Crippen LogP contribution < -0.4 is 5.32 Å². The van der Waals surface area contributed by atoms with Crippen LogP contribution in [-0.2, 0) is 10.2 Å². The Bertz CT molecular complexity index is 714. The summed E-state index contributed by atoms with van der Waals surface area (Å²) in [5, 5.41) is 8.43. The molecule has 2 aromatic rings. The minimum absolute atomic E-state index is 0.0390. The molecule has 1 heterocycles. The van der Waals surface area contributed by atoms with Crippen LogP contribution in [-0.4, -0.2) is 15.7 Å². The minimum atomic E-state index is -0.0999. The van der Waals surface area contributed by atoms with Crippen LogP contribution in [0.3, 0.4) is 0 Å². The summed E-state index contributed by atoms with van der Waals surface area (Å²) in [6.45, 7) is 8.53. The molecule has 0 aliphatic heterocycles. The lowest BCUT2D eigenvalue weighted by molar-refractivity contribution is -0.116. The summed E-state index contributed by atoms with van der Waals surface area (Å²) in [5.41, 5.74) is 1.71. The molecule has 1 amide bonds. The molecular formula is C21H30ClN3O. The average Bonchev–Trinajstić information content (AvgIpc) is 2.99. The lowest BCUT2D eigenvalue weighted by Gasteiger charge is -2.14. The van der Waals surface area contributed by atoms with Gasteiger partial charge in [-0.15, -0.1) is 0 Å². The zero-order chi connectivity index (χ0) is 19.2. The second-order valence-corrected chi connectivity index (χ2v) is 8.20. The van der Waals surface area contributed by atoms with E-state index in [4.69, 9.17) is 16.7 Å². The molecule has 0 fully saturated rings. The second-order valence-electron chi connectivity index (χ2n) is 7.77. The van der Waals surface area contributed by atoms with Gasteiger partial charge in [-0.3, -0.25) is 4.79 Å². The molecule has 1 aromatic carbocycles. The number of aromatic nitrogens is 2. The van der Waals surface area contributed by atoms with Gasteiger partial charge in [0.25, 0.3) is 0 Å². The van der Waals surface area contributed by atoms with Crippen molar-refractivity contribution in [3.8, 4) is 5.69 Å². The van der Waals surface area contributed by atoms with E-state index in [0.29, 0.717) is 17.3 Å². The molecule has 0 saturated heterocycles. The van der Waals surface area contributed by atoms with Gasteiger partial charge in [-0.2, -0.15) is 5.10 Å². The molecule has 0 spiro atoms. The number of carbonyl (C=O) groups is 1. The quantitative estimate of drug-likeness (QED) is 0.564. The van der Waals surface area contributed by atoms with E-state index in [2.05, 4.69) is 33.0 Å². The third-order valence-electron chi connectivity index (χ3n) is 4.32. The van der Waals surface area contributed by atoms with Gasteiger partial charge in [0.2, 0.25) is 5.91 Å². The van der Waals surface area contributed by atoms with Crippen molar-refractivity contribution < 1.29 is 4.79 Å². The number of hydrogen-bond donors (Lipinski definition) is 1. The fourth-order valence-corrected chi connectivity index (χ4v) is 2.84. The van der Waals surface area contributed by atoms with Crippen LogP contribution in [0.15, 0.2) is 30.3 Å². The van der Waals surface area contributed by atoms with Crippen molar-refractivity contribution in [1.82, 2.24) is 9.78 Å². The first-order chi connectivity index (χ1) is 12.3. The summed E-state index contributed by atoms with van der Waals surface area (Å²) in [6.07, 6.45) is 6.21. The SMILES string of the molecule is CCCCCCCC(=O)Nc1cc(C(C)(C)C)nn1-c1ccc(Cl)cc1. The number of amides is 1. The number of nitrogens with zero attached hydrogens (tertiary/aromatic N) is 2. The van der Waals surface area contributed by atoms with Crippen molar-refractivity contribution >= 4 is 23.3 Å². The maximum absolute atomic E-state index is 12.4. The smallest absolute Gasteiger partial charge is 0.225 e. The van der Waals surface area contributed by atoms with Crippen molar-refractivity contribution in [3.05, 3.63) is 41.0 Å². The van der Waals surface area contributed by atoms with E-state index in [0.717, 1.165) is 24.2 Å². The highest BCUT2D eigenvalue weighted by Gasteiger charge is 2.21. The average molecular weight is 376 g/mol. The third kappa shape index (κ3) is 5.87. The minimum Gasteiger partial charge on any atom is -0.311 e. The van der Waals surface area contributed by atoms with E-state index in [9.17, 15) is 4.79 Å². The first kappa shape index (κ1) is 20.5. The molecule has 0 aliphatic rings. The van der Waals surface area contributed by atoms with Gasteiger partial charge in [0.05, 0.1) is 11.4 Å². The third-order valence-corrected chi connectivity index (χ3v) is 4.58. The van der Waals surface area contributed by atoms with Gasteiger partial charge in [0.1, 0.15) is 5.82 Å². The predicted octanol–water partition coefficient (Wildman–Crippen LogP) is 6.12. The largest absolute Gasteiger partial charge is 0.311 e. The zero-order valence-electron chi connectivity index (χ0n) is 16.3. The van der Waals surface area contributed by atoms with Crippen LogP contribution >= 0.6 is 11.6 Å². The second kappa shape index (κ2) is 9.22. The molecule has 0 atom stereocenters. The van der Waals surface area contributed by atoms with Crippen molar-refractivity contribution in [2.75, 3.05) is 5.32 Å². The molecular weight excluding hydrogens is 346 g/mol. The summed E-state index contributed by atoms with van der Waals surface area (Å²) >= 11 is 5.99. The van der Waals surface area contributed by atoms with Gasteiger partial charge in [-0.1, -0.05) is 65.0 Å². The van der Waals surface area contributed by atoms with E-state index in [1.54, 1.807) is 4.68 Å². The summed E-state index contributed by atoms with van der Waals surface area (Å²) < 4.78 is 1.78. The van der Waals surface area contributed by atoms with E-state index in [1.807, 2.05) is 30.3 Å². The Morgan fingerprint density at radius 3 is 2.38 bits per heavy atom. The number of unbranched alkanes of at least 4 members (excludes halogenated alkanes) is 4. The molecule has 0 bridgehead atoms. The maximum atomic E-state index is 12.4. The Hall–Kier alpha value is -1.81. The van der Waals surface area contributed by atoms with Crippen LogP contribution in [0.5, 0.6) is 0 Å². The lowest BCUT2D eigenvalue weighted by atomic mass is 9.92. The summed E-state index contributed by atoms with van der Waals surface area (Å²) in [4.78, 5) is 12.4. The van der Waals surface area contributed by atoms with E-state index in [1.165, 1.54) is 19.3 Å². The predicted molar refractivity (Wildman–Crippen MR) is 109 cm³/mol. The number of carbonyl (C=O) groups excluding carboxylic acids is 1. The van der Waals surface area contributed by atoms with Gasteiger partial charge < -0.3 is 5.32 Å². The van der Waals surface area contributed by atoms with E-state index >= 15 is 0 Å². The van der Waals surface area contributed by atoms with E-state index < -0.39 is 0 Å². The van der Waals surface area contributed by atoms with Crippen LogP contribution in [0.1, 0.15) is 71.9 Å². The van der Waals surface area contributed by atoms with Gasteiger partial charge in [0.15, 0.2) is 0 Å². The molecule has 0 aliphatic carbocycles. The van der Waals surface area contributed by atoms with Gasteiger partial charge >= 0.3 is 0 Å². The Labute approximate surface area is 161 Å². The van der Waals surface area contributed by atoms with Gasteiger partial charge in [-0.05, 0) is 30.7 Å². The molecule has 26 heavy (non-hydrogen) atoms. The number of halogens is 1. The highest BCUT2D eigenvalue weighted by atomic mass is 35.5. The van der Waals surface area contributed by atoms with Crippen LogP contribution in [0, 0.1) is 0 Å². The topological polar surface area (TPSA) is 46.9 Å². The highest BCUT2D eigenvalue weighted by Crippen LogP contribution is 2.27. The normalized spacial score (nSPS) is 11.6. The van der Waals surface area contributed by atoms with Crippen LogP contribution in [0.4, 0.5) is 5.82 Å². The standard InChI is InChI=1S/C21H30ClN3O/c1-5-6-7-8-9-10-20(26)23-19-15-18(21(2,3)4)24-25(19)17-13-11-16(22)12-14-17/h11-15H,5-10H2,1-4H3,(H,23,26). The number of anilines is 1. The van der Waals surface area contributed by atoms with Crippen LogP contribution in [0.2, 0.25) is 5.02 Å². The van der Waals surface area contributed by atoms with Gasteiger partial charge in [0, 0.05) is 22.9 Å². The molecule has 1 N–H and O–H groups in total. The Morgan fingerprint density at radius 2 is 1.77 bits per heavy atom. The van der Waals surface area contributed by atoms with Crippen LogP contribution in [0.25, 0.3) is 5.69 Å². The zero-order valence-corrected chi connectivity index (χ0v) is 17.1. The van der Waals surface area contributed by atoms with Crippen molar-refractivity contribution in [2.45, 2.75) is 71.6 Å².